The monoisotopic (exact) mass is 269 g/mol. The lowest BCUT2D eigenvalue weighted by atomic mass is 10.0. The van der Waals surface area contributed by atoms with Crippen LogP contribution in [0.1, 0.15) is 59.3 Å². The van der Waals surface area contributed by atoms with Crippen molar-refractivity contribution in [2.24, 2.45) is 0 Å². The van der Waals surface area contributed by atoms with Crippen LogP contribution < -0.4 is 5.32 Å². The molecule has 0 fully saturated rings. The zero-order valence-corrected chi connectivity index (χ0v) is 12.9. The first-order chi connectivity index (χ1) is 9.33. The number of rotatable bonds is 9. The smallest absolute Gasteiger partial charge is 0.176 e. The zero-order chi connectivity index (χ0) is 13.9. The summed E-state index contributed by atoms with van der Waals surface area (Å²) in [6.07, 6.45) is 9.72. The van der Waals surface area contributed by atoms with Crippen molar-refractivity contribution in [2.45, 2.75) is 71.6 Å². The minimum atomic E-state index is -0.147. The summed E-state index contributed by atoms with van der Waals surface area (Å²) in [6.45, 7) is 8.67. The molecule has 3 heteroatoms. The maximum Gasteiger partial charge on any atom is 0.176 e. The largest absolute Gasteiger partial charge is 0.351 e. The summed E-state index contributed by atoms with van der Waals surface area (Å²) >= 11 is 0. The molecule has 1 rings (SSSR count). The third-order valence-corrected chi connectivity index (χ3v) is 3.52. The number of allylic oxidation sites excluding steroid dienone is 1. The Morgan fingerprint density at radius 2 is 1.84 bits per heavy atom. The van der Waals surface area contributed by atoms with Gasteiger partial charge in [-0.3, -0.25) is 0 Å². The van der Waals surface area contributed by atoms with Gasteiger partial charge in [0.15, 0.2) is 6.29 Å². The molecule has 3 nitrogen and oxygen atoms in total. The maximum atomic E-state index is 5.81. The SMILES string of the molecule is CCCNC(C1=CCCCCC1)C(OCC)OCC. The first kappa shape index (κ1) is 16.7. The molecular formula is C16H31NO2. The lowest BCUT2D eigenvalue weighted by molar-refractivity contribution is -0.148. The molecule has 112 valence electrons. The quantitative estimate of drug-likeness (QED) is 0.512. The van der Waals surface area contributed by atoms with E-state index in [1.807, 2.05) is 13.8 Å². The van der Waals surface area contributed by atoms with Crippen LogP contribution in [-0.2, 0) is 9.47 Å². The van der Waals surface area contributed by atoms with Gasteiger partial charge >= 0.3 is 0 Å². The van der Waals surface area contributed by atoms with Crippen molar-refractivity contribution < 1.29 is 9.47 Å². The Bertz CT molecular complexity index is 247. The minimum Gasteiger partial charge on any atom is -0.351 e. The third-order valence-electron chi connectivity index (χ3n) is 3.52. The van der Waals surface area contributed by atoms with Crippen LogP contribution in [0.5, 0.6) is 0 Å². The van der Waals surface area contributed by atoms with E-state index >= 15 is 0 Å². The maximum absolute atomic E-state index is 5.81. The van der Waals surface area contributed by atoms with Crippen molar-refractivity contribution in [3.63, 3.8) is 0 Å². The van der Waals surface area contributed by atoms with E-state index in [0.717, 1.165) is 13.0 Å². The van der Waals surface area contributed by atoms with Crippen LogP contribution in [-0.4, -0.2) is 32.1 Å². The van der Waals surface area contributed by atoms with Crippen LogP contribution in [0.2, 0.25) is 0 Å². The molecule has 0 bridgehead atoms. The highest BCUT2D eigenvalue weighted by Gasteiger charge is 2.25. The highest BCUT2D eigenvalue weighted by Crippen LogP contribution is 2.23. The van der Waals surface area contributed by atoms with E-state index in [9.17, 15) is 0 Å². The fourth-order valence-corrected chi connectivity index (χ4v) is 2.59. The standard InChI is InChI=1S/C16H31NO2/c1-4-13-17-15(16(18-5-2)19-6-3)14-11-9-7-8-10-12-14/h11,15-17H,4-10,12-13H2,1-3H3. The molecule has 0 amide bonds. The van der Waals surface area contributed by atoms with Crippen LogP contribution >= 0.6 is 0 Å². The van der Waals surface area contributed by atoms with Gasteiger partial charge in [0.1, 0.15) is 0 Å². The summed E-state index contributed by atoms with van der Waals surface area (Å²) in [5.41, 5.74) is 1.48. The molecule has 0 aliphatic heterocycles. The molecule has 1 aliphatic carbocycles. The van der Waals surface area contributed by atoms with Crippen LogP contribution in [0.25, 0.3) is 0 Å². The Morgan fingerprint density at radius 3 is 2.47 bits per heavy atom. The van der Waals surface area contributed by atoms with Gasteiger partial charge in [-0.25, -0.2) is 0 Å². The summed E-state index contributed by atoms with van der Waals surface area (Å²) in [6, 6.07) is 0.220. The highest BCUT2D eigenvalue weighted by atomic mass is 16.7. The van der Waals surface area contributed by atoms with Crippen LogP contribution in [0, 0.1) is 0 Å². The van der Waals surface area contributed by atoms with E-state index < -0.39 is 0 Å². The lowest BCUT2D eigenvalue weighted by Crippen LogP contribution is -2.44. The normalized spacial score (nSPS) is 18.2. The van der Waals surface area contributed by atoms with Gasteiger partial charge in [0, 0.05) is 13.2 Å². The fourth-order valence-electron chi connectivity index (χ4n) is 2.59. The molecule has 0 aromatic heterocycles. The van der Waals surface area contributed by atoms with Crippen LogP contribution in [0.15, 0.2) is 11.6 Å². The number of nitrogens with one attached hydrogen (secondary N) is 1. The average Bonchev–Trinajstić information content (AvgIpc) is 2.69. The lowest BCUT2D eigenvalue weighted by Gasteiger charge is -2.29. The van der Waals surface area contributed by atoms with Crippen LogP contribution in [0.4, 0.5) is 0 Å². The first-order valence-electron chi connectivity index (χ1n) is 7.98. The second-order valence-electron chi connectivity index (χ2n) is 5.09. The van der Waals surface area contributed by atoms with Crippen molar-refractivity contribution in [3.8, 4) is 0 Å². The Hall–Kier alpha value is -0.380. The highest BCUT2D eigenvalue weighted by molar-refractivity contribution is 5.13. The van der Waals surface area contributed by atoms with E-state index in [1.54, 1.807) is 0 Å². The van der Waals surface area contributed by atoms with Crippen molar-refractivity contribution in [3.05, 3.63) is 11.6 Å². The van der Waals surface area contributed by atoms with Gasteiger partial charge in [-0.15, -0.1) is 0 Å². The summed E-state index contributed by atoms with van der Waals surface area (Å²) in [7, 11) is 0. The molecule has 19 heavy (non-hydrogen) atoms. The molecule has 1 aliphatic rings. The van der Waals surface area contributed by atoms with E-state index in [2.05, 4.69) is 18.3 Å². The fraction of sp³-hybridized carbons (Fsp3) is 0.875. The van der Waals surface area contributed by atoms with E-state index in [-0.39, 0.29) is 12.3 Å². The first-order valence-corrected chi connectivity index (χ1v) is 7.98. The van der Waals surface area contributed by atoms with Crippen LogP contribution in [0.3, 0.4) is 0 Å². The summed E-state index contributed by atoms with van der Waals surface area (Å²) in [5.74, 6) is 0. The van der Waals surface area contributed by atoms with E-state index in [4.69, 9.17) is 9.47 Å². The zero-order valence-electron chi connectivity index (χ0n) is 12.9. The molecule has 0 spiro atoms. The van der Waals surface area contributed by atoms with Gasteiger partial charge in [-0.1, -0.05) is 25.0 Å². The summed E-state index contributed by atoms with van der Waals surface area (Å²) in [4.78, 5) is 0. The van der Waals surface area contributed by atoms with Crippen molar-refractivity contribution >= 4 is 0 Å². The molecular weight excluding hydrogens is 238 g/mol. The Kier molecular flexibility index (Phi) is 9.14. The molecule has 0 aromatic carbocycles. The molecule has 0 radical (unpaired) electrons. The van der Waals surface area contributed by atoms with Gasteiger partial charge in [0.25, 0.3) is 0 Å². The van der Waals surface area contributed by atoms with Crippen molar-refractivity contribution in [2.75, 3.05) is 19.8 Å². The molecule has 1 atom stereocenters. The van der Waals surface area contributed by atoms with E-state index in [1.165, 1.54) is 37.7 Å². The van der Waals surface area contributed by atoms with E-state index in [0.29, 0.717) is 13.2 Å². The molecule has 0 aromatic rings. The topological polar surface area (TPSA) is 30.5 Å². The Balaban J connectivity index is 2.73. The predicted octanol–water partition coefficient (Wildman–Crippen LogP) is 3.64. The van der Waals surface area contributed by atoms with Crippen molar-refractivity contribution in [1.29, 1.82) is 0 Å². The minimum absolute atomic E-state index is 0.147. The number of ether oxygens (including phenoxy) is 2. The second-order valence-corrected chi connectivity index (χ2v) is 5.09. The second kappa shape index (κ2) is 10.4. The summed E-state index contributed by atoms with van der Waals surface area (Å²) in [5, 5.41) is 3.62. The number of hydrogen-bond acceptors (Lipinski definition) is 3. The van der Waals surface area contributed by atoms with Crippen molar-refractivity contribution in [1.82, 2.24) is 5.32 Å². The summed E-state index contributed by atoms with van der Waals surface area (Å²) < 4.78 is 11.6. The van der Waals surface area contributed by atoms with Gasteiger partial charge in [0.2, 0.25) is 0 Å². The van der Waals surface area contributed by atoms with Gasteiger partial charge in [-0.2, -0.15) is 0 Å². The van der Waals surface area contributed by atoms with Gasteiger partial charge in [-0.05, 0) is 52.5 Å². The molecule has 0 saturated carbocycles. The third kappa shape index (κ3) is 6.07. The number of hydrogen-bond donors (Lipinski definition) is 1. The molecule has 0 heterocycles. The van der Waals surface area contributed by atoms with Gasteiger partial charge in [0.05, 0.1) is 6.04 Å². The van der Waals surface area contributed by atoms with Gasteiger partial charge < -0.3 is 14.8 Å². The Morgan fingerprint density at radius 1 is 1.11 bits per heavy atom. The molecule has 1 unspecified atom stereocenters. The molecule has 0 saturated heterocycles. The molecule has 1 N–H and O–H groups in total. The Labute approximate surface area is 118 Å². The average molecular weight is 269 g/mol. The predicted molar refractivity (Wildman–Crippen MR) is 80.3 cm³/mol.